The van der Waals surface area contributed by atoms with Gasteiger partial charge in [0.05, 0.1) is 5.41 Å². The Hall–Kier alpha value is -2.22. The molecule has 2 aliphatic carbocycles. The third kappa shape index (κ3) is 1.86. The van der Waals surface area contributed by atoms with Crippen molar-refractivity contribution < 1.29 is 4.79 Å². The van der Waals surface area contributed by atoms with Crippen LogP contribution >= 0.6 is 0 Å². The molecule has 2 aliphatic rings. The number of rotatable bonds is 3. The minimum Gasteiger partial charge on any atom is -0.291 e. The topological polar surface area (TPSA) is 30.0 Å². The van der Waals surface area contributed by atoms with Crippen LogP contribution in [0.5, 0.6) is 0 Å². The first-order valence-electron chi connectivity index (χ1n) is 7.50. The van der Waals surface area contributed by atoms with Crippen LogP contribution in [0.2, 0.25) is 0 Å². The van der Waals surface area contributed by atoms with Crippen LogP contribution in [0.4, 0.5) is 0 Å². The highest BCUT2D eigenvalue weighted by atomic mass is 16.1. The molecule has 1 aromatic heterocycles. The van der Waals surface area contributed by atoms with E-state index in [9.17, 15) is 4.79 Å². The molecule has 4 rings (SSSR count). The third-order valence-corrected chi connectivity index (χ3v) is 4.95. The molecule has 0 spiro atoms. The fourth-order valence-electron chi connectivity index (χ4n) is 3.99. The number of benzene rings is 1. The number of aromatic nitrogens is 1. The van der Waals surface area contributed by atoms with Gasteiger partial charge in [0.1, 0.15) is 5.69 Å². The summed E-state index contributed by atoms with van der Waals surface area (Å²) < 4.78 is 0. The summed E-state index contributed by atoms with van der Waals surface area (Å²) in [5.41, 5.74) is 1.47. The Balaban J connectivity index is 1.77. The highest BCUT2D eigenvalue weighted by Crippen LogP contribution is 2.58. The highest BCUT2D eigenvalue weighted by Gasteiger charge is 2.54. The number of pyridine rings is 1. The molecule has 2 nitrogen and oxygen atoms in total. The quantitative estimate of drug-likeness (QED) is 0.625. The Morgan fingerprint density at radius 3 is 2.62 bits per heavy atom. The van der Waals surface area contributed by atoms with Crippen LogP contribution in [0.15, 0.2) is 66.9 Å². The van der Waals surface area contributed by atoms with Crippen LogP contribution in [0.3, 0.4) is 0 Å². The molecule has 2 aromatic rings. The van der Waals surface area contributed by atoms with Gasteiger partial charge < -0.3 is 0 Å². The van der Waals surface area contributed by atoms with Crippen molar-refractivity contribution in [2.75, 3.05) is 0 Å². The number of hydrogen-bond acceptors (Lipinski definition) is 2. The molecule has 3 atom stereocenters. The number of ketones is 1. The monoisotopic (exact) mass is 275 g/mol. The largest absolute Gasteiger partial charge is 0.291 e. The lowest BCUT2D eigenvalue weighted by Crippen LogP contribution is -2.32. The van der Waals surface area contributed by atoms with Gasteiger partial charge in [0.2, 0.25) is 0 Å². The number of hydrogen-bond donors (Lipinski definition) is 0. The maximum atomic E-state index is 13.1. The molecule has 2 bridgehead atoms. The van der Waals surface area contributed by atoms with Crippen molar-refractivity contribution in [2.45, 2.75) is 18.8 Å². The number of allylic oxidation sites excluding steroid dienone is 2. The normalized spacial score (nSPS) is 29.7. The van der Waals surface area contributed by atoms with Crippen LogP contribution in [0.25, 0.3) is 0 Å². The third-order valence-electron chi connectivity index (χ3n) is 4.95. The van der Waals surface area contributed by atoms with Gasteiger partial charge >= 0.3 is 0 Å². The van der Waals surface area contributed by atoms with Gasteiger partial charge in [-0.2, -0.15) is 0 Å². The highest BCUT2D eigenvalue weighted by molar-refractivity contribution is 6.01. The summed E-state index contributed by atoms with van der Waals surface area (Å²) in [6.45, 7) is 0. The van der Waals surface area contributed by atoms with E-state index in [0.29, 0.717) is 11.6 Å². The SMILES string of the molecule is O=C(c1ccccn1)[C@@]12C=CC(C[C@@H]1c1ccccc1)C2. The molecule has 21 heavy (non-hydrogen) atoms. The van der Waals surface area contributed by atoms with Crippen molar-refractivity contribution in [3.05, 3.63) is 78.1 Å². The molecule has 104 valence electrons. The lowest BCUT2D eigenvalue weighted by Gasteiger charge is -2.31. The molecule has 0 radical (unpaired) electrons. The molecule has 0 saturated heterocycles. The molecule has 0 N–H and O–H groups in total. The molecule has 1 aromatic carbocycles. The second kappa shape index (κ2) is 4.66. The molecule has 1 heterocycles. The van der Waals surface area contributed by atoms with Crippen molar-refractivity contribution in [1.29, 1.82) is 0 Å². The van der Waals surface area contributed by atoms with E-state index >= 15 is 0 Å². The van der Waals surface area contributed by atoms with Crippen LogP contribution in [0, 0.1) is 11.3 Å². The van der Waals surface area contributed by atoms with Crippen LogP contribution in [-0.2, 0) is 0 Å². The van der Waals surface area contributed by atoms with Crippen molar-refractivity contribution in [1.82, 2.24) is 4.98 Å². The van der Waals surface area contributed by atoms with Crippen molar-refractivity contribution in [2.24, 2.45) is 11.3 Å². The smallest absolute Gasteiger partial charge is 0.191 e. The van der Waals surface area contributed by atoms with E-state index in [1.165, 1.54) is 5.56 Å². The zero-order valence-corrected chi connectivity index (χ0v) is 11.8. The number of fused-ring (bicyclic) bond motifs is 2. The maximum absolute atomic E-state index is 13.1. The fourth-order valence-corrected chi connectivity index (χ4v) is 3.99. The van der Waals surface area contributed by atoms with Crippen molar-refractivity contribution >= 4 is 5.78 Å². The van der Waals surface area contributed by atoms with Crippen molar-refractivity contribution in [3.8, 4) is 0 Å². The summed E-state index contributed by atoms with van der Waals surface area (Å²) in [6, 6.07) is 16.0. The van der Waals surface area contributed by atoms with Crippen LogP contribution in [0.1, 0.15) is 34.8 Å². The molecule has 2 heteroatoms. The molecule has 0 amide bonds. The Morgan fingerprint density at radius 1 is 1.10 bits per heavy atom. The van der Waals surface area contributed by atoms with E-state index in [-0.39, 0.29) is 17.1 Å². The van der Waals surface area contributed by atoms with Gasteiger partial charge in [-0.1, -0.05) is 48.6 Å². The van der Waals surface area contributed by atoms with Gasteiger partial charge in [0, 0.05) is 12.1 Å². The van der Waals surface area contributed by atoms with E-state index in [1.807, 2.05) is 24.3 Å². The van der Waals surface area contributed by atoms with Gasteiger partial charge in [0.25, 0.3) is 0 Å². The standard InChI is InChI=1S/C19H17NO/c21-18(17-8-4-5-11-20-17)19-10-9-14(13-19)12-16(19)15-6-2-1-3-7-15/h1-11,14,16H,12-13H2/t14?,16-,19-/m1/s1. The zero-order valence-electron chi connectivity index (χ0n) is 11.8. The summed E-state index contributed by atoms with van der Waals surface area (Å²) in [4.78, 5) is 17.4. The summed E-state index contributed by atoms with van der Waals surface area (Å²) >= 11 is 0. The molecule has 0 aliphatic heterocycles. The molecular formula is C19H17NO. The Labute approximate surface area is 124 Å². The Bertz CT molecular complexity index is 692. The zero-order chi connectivity index (χ0) is 14.3. The summed E-state index contributed by atoms with van der Waals surface area (Å²) in [6.07, 6.45) is 8.07. The fraction of sp³-hybridized carbons (Fsp3) is 0.263. The van der Waals surface area contributed by atoms with Crippen molar-refractivity contribution in [3.63, 3.8) is 0 Å². The minimum atomic E-state index is -0.389. The second-order valence-corrected chi connectivity index (χ2v) is 6.11. The summed E-state index contributed by atoms with van der Waals surface area (Å²) in [5, 5.41) is 0. The van der Waals surface area contributed by atoms with Crippen LogP contribution < -0.4 is 0 Å². The molecule has 1 fully saturated rings. The first-order valence-corrected chi connectivity index (χ1v) is 7.50. The number of nitrogens with zero attached hydrogens (tertiary/aromatic N) is 1. The van der Waals surface area contributed by atoms with Gasteiger partial charge in [0.15, 0.2) is 5.78 Å². The van der Waals surface area contributed by atoms with Gasteiger partial charge in [-0.05, 0) is 36.5 Å². The lowest BCUT2D eigenvalue weighted by molar-refractivity contribution is 0.0836. The molecule has 1 unspecified atom stereocenters. The minimum absolute atomic E-state index is 0.174. The van der Waals surface area contributed by atoms with Gasteiger partial charge in [-0.3, -0.25) is 9.78 Å². The lowest BCUT2D eigenvalue weighted by atomic mass is 9.70. The number of carbonyl (C=O) groups excluding carboxylic acids is 1. The van der Waals surface area contributed by atoms with E-state index in [2.05, 4.69) is 41.4 Å². The number of carbonyl (C=O) groups is 1. The molecule has 1 saturated carbocycles. The van der Waals surface area contributed by atoms with Crippen LogP contribution in [-0.4, -0.2) is 10.8 Å². The maximum Gasteiger partial charge on any atom is 0.191 e. The van der Waals surface area contributed by atoms with E-state index < -0.39 is 0 Å². The predicted octanol–water partition coefficient (Wildman–Crippen LogP) is 4.01. The van der Waals surface area contributed by atoms with E-state index in [0.717, 1.165) is 12.8 Å². The second-order valence-electron chi connectivity index (χ2n) is 6.11. The summed E-state index contributed by atoms with van der Waals surface area (Å²) in [5.74, 6) is 0.985. The van der Waals surface area contributed by atoms with Gasteiger partial charge in [-0.15, -0.1) is 0 Å². The average Bonchev–Trinajstić information content (AvgIpc) is 3.15. The number of Topliss-reactive ketones (excluding diaryl/α,β-unsaturated/α-hetero) is 1. The molecular weight excluding hydrogens is 258 g/mol. The Kier molecular flexibility index (Phi) is 2.78. The first-order chi connectivity index (χ1) is 10.3. The Morgan fingerprint density at radius 2 is 1.90 bits per heavy atom. The van der Waals surface area contributed by atoms with E-state index in [4.69, 9.17) is 0 Å². The average molecular weight is 275 g/mol. The van der Waals surface area contributed by atoms with E-state index in [1.54, 1.807) is 6.20 Å². The predicted molar refractivity (Wildman–Crippen MR) is 82.0 cm³/mol. The first kappa shape index (κ1) is 12.5. The van der Waals surface area contributed by atoms with Gasteiger partial charge in [-0.25, -0.2) is 0 Å². The summed E-state index contributed by atoms with van der Waals surface area (Å²) in [7, 11) is 0.